The Hall–Kier alpha value is -1.30. The molecule has 0 saturated heterocycles. The van der Waals surface area contributed by atoms with E-state index in [1.165, 1.54) is 11.3 Å². The predicted octanol–water partition coefficient (Wildman–Crippen LogP) is 1.71. The number of thiazole rings is 1. The largest absolute Gasteiger partial charge is 0.382 e. The van der Waals surface area contributed by atoms with E-state index in [0.29, 0.717) is 10.7 Å². The summed E-state index contributed by atoms with van der Waals surface area (Å²) in [5.41, 5.74) is 5.52. The lowest BCUT2D eigenvalue weighted by Gasteiger charge is -2.23. The van der Waals surface area contributed by atoms with E-state index in [2.05, 4.69) is 10.3 Å². The average molecular weight is 256 g/mol. The lowest BCUT2D eigenvalue weighted by molar-refractivity contribution is 0.0916. The molecule has 1 rings (SSSR count). The summed E-state index contributed by atoms with van der Waals surface area (Å²) >= 11 is 1.30. The Morgan fingerprint density at radius 1 is 1.53 bits per heavy atom. The molecule has 0 bridgehead atoms. The second-order valence-corrected chi connectivity index (χ2v) is 5.77. The van der Waals surface area contributed by atoms with Crippen LogP contribution in [0.15, 0.2) is 0 Å². The minimum Gasteiger partial charge on any atom is -0.382 e. The molecular formula is C11H20N4OS. The Morgan fingerprint density at radius 3 is 2.53 bits per heavy atom. The third-order valence-corrected chi connectivity index (χ3v) is 3.80. The number of rotatable bonds is 4. The van der Waals surface area contributed by atoms with Gasteiger partial charge < -0.3 is 16.0 Å². The Bertz CT molecular complexity index is 412. The van der Waals surface area contributed by atoms with Gasteiger partial charge in [-0.05, 0) is 20.3 Å². The van der Waals surface area contributed by atoms with Crippen LogP contribution in [-0.2, 0) is 0 Å². The van der Waals surface area contributed by atoms with Gasteiger partial charge in [-0.3, -0.25) is 4.79 Å². The van der Waals surface area contributed by atoms with Gasteiger partial charge in [-0.25, -0.2) is 4.98 Å². The van der Waals surface area contributed by atoms with Crippen LogP contribution in [-0.4, -0.2) is 30.5 Å². The number of nitrogens with two attached hydrogens (primary N) is 1. The Balaban J connectivity index is 2.90. The highest BCUT2D eigenvalue weighted by Crippen LogP contribution is 2.27. The van der Waals surface area contributed by atoms with Crippen molar-refractivity contribution >= 4 is 28.2 Å². The second kappa shape index (κ2) is 4.91. The maximum absolute atomic E-state index is 12.0. The normalized spacial score (nSPS) is 11.4. The summed E-state index contributed by atoms with van der Waals surface area (Å²) in [5, 5.41) is 3.69. The van der Waals surface area contributed by atoms with Gasteiger partial charge in [-0.1, -0.05) is 18.3 Å². The molecule has 0 fully saturated rings. The third kappa shape index (κ3) is 3.33. The Kier molecular flexibility index (Phi) is 3.98. The highest BCUT2D eigenvalue weighted by atomic mass is 32.1. The molecule has 0 aliphatic carbocycles. The Morgan fingerprint density at radius 2 is 2.12 bits per heavy atom. The zero-order valence-corrected chi connectivity index (χ0v) is 11.8. The number of hydrogen-bond acceptors (Lipinski definition) is 5. The molecule has 0 aromatic carbocycles. The van der Waals surface area contributed by atoms with Gasteiger partial charge in [0, 0.05) is 19.6 Å². The van der Waals surface area contributed by atoms with Crippen molar-refractivity contribution in [1.29, 1.82) is 0 Å². The summed E-state index contributed by atoms with van der Waals surface area (Å²) in [4.78, 5) is 18.5. The first kappa shape index (κ1) is 13.8. The van der Waals surface area contributed by atoms with Gasteiger partial charge in [0.25, 0.3) is 5.91 Å². The molecule has 1 heterocycles. The lowest BCUT2D eigenvalue weighted by atomic mass is 10.0. The molecule has 0 spiro atoms. The van der Waals surface area contributed by atoms with E-state index in [1.54, 1.807) is 0 Å². The van der Waals surface area contributed by atoms with Gasteiger partial charge >= 0.3 is 0 Å². The summed E-state index contributed by atoms with van der Waals surface area (Å²) in [6.45, 7) is 5.99. The number of nitrogens with zero attached hydrogens (tertiary/aromatic N) is 2. The summed E-state index contributed by atoms with van der Waals surface area (Å²) in [6, 6.07) is 0. The number of amides is 1. The molecule has 1 amide bonds. The molecule has 96 valence electrons. The van der Waals surface area contributed by atoms with Crippen molar-refractivity contribution in [1.82, 2.24) is 10.3 Å². The summed E-state index contributed by atoms with van der Waals surface area (Å²) in [5.74, 6) is 0.142. The number of hydrogen-bond donors (Lipinski definition) is 2. The zero-order valence-electron chi connectivity index (χ0n) is 11.0. The van der Waals surface area contributed by atoms with Gasteiger partial charge in [0.2, 0.25) is 0 Å². The van der Waals surface area contributed by atoms with Crippen molar-refractivity contribution in [2.24, 2.45) is 0 Å². The van der Waals surface area contributed by atoms with E-state index in [4.69, 9.17) is 5.73 Å². The van der Waals surface area contributed by atoms with Crippen molar-refractivity contribution < 1.29 is 4.79 Å². The standard InChI is InChI=1S/C11H20N4OS/c1-6-11(2,3)14-9(16)7-8(12)13-10(17-7)15(4)5/h6,12H2,1-5H3,(H,14,16). The SMILES string of the molecule is CCC(C)(C)NC(=O)c1sc(N(C)C)nc1N. The van der Waals surface area contributed by atoms with Crippen LogP contribution in [0, 0.1) is 0 Å². The molecular weight excluding hydrogens is 236 g/mol. The van der Waals surface area contributed by atoms with Crippen LogP contribution in [0.3, 0.4) is 0 Å². The van der Waals surface area contributed by atoms with E-state index in [-0.39, 0.29) is 11.4 Å². The molecule has 0 aliphatic rings. The van der Waals surface area contributed by atoms with Gasteiger partial charge in [0.05, 0.1) is 0 Å². The molecule has 0 saturated carbocycles. The minimum absolute atomic E-state index is 0.153. The Labute approximate surface area is 106 Å². The number of carbonyl (C=O) groups excluding carboxylic acids is 1. The van der Waals surface area contributed by atoms with E-state index in [1.807, 2.05) is 39.8 Å². The van der Waals surface area contributed by atoms with Crippen LogP contribution in [0.1, 0.15) is 36.9 Å². The van der Waals surface area contributed by atoms with Crippen molar-refractivity contribution in [2.75, 3.05) is 24.7 Å². The van der Waals surface area contributed by atoms with E-state index in [9.17, 15) is 4.79 Å². The fraction of sp³-hybridized carbons (Fsp3) is 0.636. The van der Waals surface area contributed by atoms with Crippen molar-refractivity contribution in [3.8, 4) is 0 Å². The first-order valence-electron chi connectivity index (χ1n) is 5.53. The van der Waals surface area contributed by atoms with Crippen LogP contribution in [0.2, 0.25) is 0 Å². The number of anilines is 2. The predicted molar refractivity (Wildman–Crippen MR) is 72.7 cm³/mol. The summed E-state index contributed by atoms with van der Waals surface area (Å²) in [7, 11) is 3.74. The monoisotopic (exact) mass is 256 g/mol. The first-order valence-corrected chi connectivity index (χ1v) is 6.34. The smallest absolute Gasteiger partial charge is 0.265 e. The van der Waals surface area contributed by atoms with Crippen molar-refractivity contribution in [3.63, 3.8) is 0 Å². The molecule has 0 aliphatic heterocycles. The quantitative estimate of drug-likeness (QED) is 0.860. The third-order valence-electron chi connectivity index (χ3n) is 2.57. The van der Waals surface area contributed by atoms with Crippen LogP contribution < -0.4 is 16.0 Å². The number of nitrogens with one attached hydrogen (secondary N) is 1. The molecule has 6 heteroatoms. The van der Waals surface area contributed by atoms with Crippen LogP contribution in [0.5, 0.6) is 0 Å². The molecule has 17 heavy (non-hydrogen) atoms. The molecule has 1 aromatic heterocycles. The van der Waals surface area contributed by atoms with Gasteiger partial charge in [-0.2, -0.15) is 0 Å². The lowest BCUT2D eigenvalue weighted by Crippen LogP contribution is -2.42. The maximum atomic E-state index is 12.0. The number of nitrogen functional groups attached to an aromatic ring is 1. The van der Waals surface area contributed by atoms with Crippen molar-refractivity contribution in [3.05, 3.63) is 4.88 Å². The van der Waals surface area contributed by atoms with Crippen LogP contribution in [0.25, 0.3) is 0 Å². The fourth-order valence-corrected chi connectivity index (χ4v) is 1.93. The fourth-order valence-electron chi connectivity index (χ4n) is 1.13. The van der Waals surface area contributed by atoms with Gasteiger partial charge in [-0.15, -0.1) is 0 Å². The van der Waals surface area contributed by atoms with Crippen LogP contribution in [0.4, 0.5) is 10.9 Å². The molecule has 0 radical (unpaired) electrons. The van der Waals surface area contributed by atoms with E-state index in [0.717, 1.165) is 11.6 Å². The highest BCUT2D eigenvalue weighted by molar-refractivity contribution is 7.18. The molecule has 0 unspecified atom stereocenters. The molecule has 3 N–H and O–H groups in total. The highest BCUT2D eigenvalue weighted by Gasteiger charge is 2.23. The van der Waals surface area contributed by atoms with Crippen LogP contribution >= 0.6 is 11.3 Å². The molecule has 1 aromatic rings. The maximum Gasteiger partial charge on any atom is 0.265 e. The average Bonchev–Trinajstić information content (AvgIpc) is 2.60. The van der Waals surface area contributed by atoms with Crippen molar-refractivity contribution in [2.45, 2.75) is 32.7 Å². The van der Waals surface area contributed by atoms with E-state index < -0.39 is 0 Å². The first-order chi connectivity index (χ1) is 7.76. The summed E-state index contributed by atoms with van der Waals surface area (Å²) < 4.78 is 0. The minimum atomic E-state index is -0.230. The second-order valence-electron chi connectivity index (χ2n) is 4.80. The van der Waals surface area contributed by atoms with E-state index >= 15 is 0 Å². The molecule has 0 atom stereocenters. The number of carbonyl (C=O) groups is 1. The zero-order chi connectivity index (χ0) is 13.2. The summed E-state index contributed by atoms with van der Waals surface area (Å²) in [6.07, 6.45) is 0.859. The van der Waals surface area contributed by atoms with Gasteiger partial charge in [0.1, 0.15) is 10.7 Å². The molecule has 5 nitrogen and oxygen atoms in total. The topological polar surface area (TPSA) is 71.2 Å². The number of aromatic nitrogens is 1. The van der Waals surface area contributed by atoms with Gasteiger partial charge in [0.15, 0.2) is 5.13 Å².